The summed E-state index contributed by atoms with van der Waals surface area (Å²) in [6.07, 6.45) is 1.71. The van der Waals surface area contributed by atoms with Crippen LogP contribution < -0.4 is 5.73 Å². The summed E-state index contributed by atoms with van der Waals surface area (Å²) in [5.74, 6) is -2.46. The van der Waals surface area contributed by atoms with E-state index in [0.717, 1.165) is 21.0 Å². The summed E-state index contributed by atoms with van der Waals surface area (Å²) in [6, 6.07) is 22.5. The number of carbonyl (C=O) groups is 2. The highest BCUT2D eigenvalue weighted by Crippen LogP contribution is 2.57. The van der Waals surface area contributed by atoms with Crippen molar-refractivity contribution < 1.29 is 23.1 Å². The van der Waals surface area contributed by atoms with Crippen molar-refractivity contribution in [2.45, 2.75) is 36.2 Å². The fourth-order valence-electron chi connectivity index (χ4n) is 5.15. The molecule has 1 amide bonds. The second-order valence-corrected chi connectivity index (χ2v) is 12.1. The lowest BCUT2D eigenvalue weighted by Gasteiger charge is -2.29. The fraction of sp³-hybridized carbons (Fsp3) is 0.207. The van der Waals surface area contributed by atoms with E-state index in [1.165, 1.54) is 16.8 Å². The van der Waals surface area contributed by atoms with Crippen molar-refractivity contribution in [1.82, 2.24) is 14.1 Å². The number of aromatic nitrogens is 2. The van der Waals surface area contributed by atoms with Crippen molar-refractivity contribution in [2.24, 2.45) is 5.73 Å². The Kier molecular flexibility index (Phi) is 7.26. The van der Waals surface area contributed by atoms with Gasteiger partial charge in [-0.3, -0.25) is 14.3 Å². The number of carboxylic acid groups (broad SMARTS) is 1. The molecule has 0 radical (unpaired) electrons. The molecule has 0 unspecified atom stereocenters. The van der Waals surface area contributed by atoms with Gasteiger partial charge in [-0.25, -0.2) is 8.42 Å². The Hall–Kier alpha value is -3.99. The van der Waals surface area contributed by atoms with Gasteiger partial charge in [-0.1, -0.05) is 66.2 Å². The number of aryl methyl sites for hydroxylation is 1. The number of nitrogens with zero attached hydrogens (tertiary/aromatic N) is 3. The van der Waals surface area contributed by atoms with Crippen molar-refractivity contribution in [1.29, 1.82) is 0 Å². The predicted octanol–water partition coefficient (Wildman–Crippen LogP) is 4.31. The Morgan fingerprint density at radius 1 is 1.05 bits per heavy atom. The summed E-state index contributed by atoms with van der Waals surface area (Å²) in [6.45, 7) is 1.51. The molecule has 3 N–H and O–H groups in total. The van der Waals surface area contributed by atoms with E-state index in [9.17, 15) is 23.1 Å². The van der Waals surface area contributed by atoms with E-state index in [4.69, 9.17) is 17.3 Å². The molecule has 1 aliphatic carbocycles. The molecule has 1 heterocycles. The van der Waals surface area contributed by atoms with Gasteiger partial charge >= 0.3 is 5.97 Å². The van der Waals surface area contributed by atoms with E-state index < -0.39 is 33.4 Å². The third-order valence-corrected chi connectivity index (χ3v) is 9.49. The Bertz CT molecular complexity index is 1670. The number of carboxylic acids is 1. The van der Waals surface area contributed by atoms with Gasteiger partial charge in [-0.05, 0) is 54.3 Å². The largest absolute Gasteiger partial charge is 0.480 e. The minimum absolute atomic E-state index is 0.0206. The van der Waals surface area contributed by atoms with Crippen LogP contribution in [0.4, 0.5) is 0 Å². The van der Waals surface area contributed by atoms with E-state index in [1.807, 2.05) is 18.2 Å². The topological polar surface area (TPSA) is 136 Å². The van der Waals surface area contributed by atoms with Crippen LogP contribution in [0.25, 0.3) is 11.1 Å². The quantitative estimate of drug-likeness (QED) is 0.288. The number of halogens is 1. The highest BCUT2D eigenvalue weighted by Gasteiger charge is 2.67. The smallest absolute Gasteiger partial charge is 0.325 e. The number of aliphatic carboxylic acids is 1. The van der Waals surface area contributed by atoms with Crippen molar-refractivity contribution in [2.75, 3.05) is 6.54 Å². The third kappa shape index (κ3) is 5.01. The van der Waals surface area contributed by atoms with Gasteiger partial charge in [0.2, 0.25) is 10.0 Å². The van der Waals surface area contributed by atoms with E-state index in [2.05, 4.69) is 5.10 Å². The summed E-state index contributed by atoms with van der Waals surface area (Å²) in [5, 5.41) is 15.2. The van der Waals surface area contributed by atoms with E-state index in [0.29, 0.717) is 10.6 Å². The lowest BCUT2D eigenvalue weighted by atomic mass is 10.1. The van der Waals surface area contributed by atoms with Crippen LogP contribution in [0, 0.1) is 6.92 Å². The third-order valence-electron chi connectivity index (χ3n) is 7.28. The highest BCUT2D eigenvalue weighted by molar-refractivity contribution is 7.89. The summed E-state index contributed by atoms with van der Waals surface area (Å²) in [5.41, 5.74) is 6.72. The normalized spacial score (nSPS) is 18.5. The monoisotopic (exact) mass is 578 g/mol. The molecule has 11 heteroatoms. The van der Waals surface area contributed by atoms with Gasteiger partial charge in [0.1, 0.15) is 5.54 Å². The molecule has 2 atom stereocenters. The van der Waals surface area contributed by atoms with Crippen LogP contribution in [0.3, 0.4) is 0 Å². The molecule has 0 bridgehead atoms. The molecule has 9 nitrogen and oxygen atoms in total. The van der Waals surface area contributed by atoms with Gasteiger partial charge in [-0.15, -0.1) is 0 Å². The van der Waals surface area contributed by atoms with Crippen molar-refractivity contribution in [3.63, 3.8) is 0 Å². The van der Waals surface area contributed by atoms with Crippen LogP contribution in [0.15, 0.2) is 90.0 Å². The minimum atomic E-state index is -4.28. The highest BCUT2D eigenvalue weighted by atomic mass is 35.5. The van der Waals surface area contributed by atoms with Crippen molar-refractivity contribution in [3.8, 4) is 11.1 Å². The number of hydrogen-bond acceptors (Lipinski definition) is 5. The number of nitrogens with two attached hydrogens (primary N) is 1. The molecule has 1 saturated carbocycles. The number of amides is 1. The molecule has 0 saturated heterocycles. The van der Waals surface area contributed by atoms with Gasteiger partial charge in [0, 0.05) is 29.2 Å². The fourth-order valence-corrected chi connectivity index (χ4v) is 7.04. The Balaban J connectivity index is 1.52. The second kappa shape index (κ2) is 10.5. The number of benzene rings is 3. The van der Waals surface area contributed by atoms with Crippen LogP contribution in [0.1, 0.15) is 34.0 Å². The molecule has 206 valence electrons. The van der Waals surface area contributed by atoms with Crippen LogP contribution in [0.5, 0.6) is 0 Å². The van der Waals surface area contributed by atoms with Crippen molar-refractivity contribution >= 4 is 33.5 Å². The summed E-state index contributed by atoms with van der Waals surface area (Å²) in [7, 11) is -4.28. The molecule has 1 aromatic heterocycles. The first-order valence-electron chi connectivity index (χ1n) is 12.5. The number of sulfonamides is 1. The van der Waals surface area contributed by atoms with E-state index in [1.54, 1.807) is 61.7 Å². The number of carbonyl (C=O) groups excluding carboxylic acids is 1. The van der Waals surface area contributed by atoms with Crippen LogP contribution in [-0.4, -0.2) is 51.6 Å². The van der Waals surface area contributed by atoms with Gasteiger partial charge < -0.3 is 10.8 Å². The zero-order valence-corrected chi connectivity index (χ0v) is 23.1. The SMILES string of the molecule is Cc1cn(CCN([C@]2(C(=O)O)C[C@H]2c2ccccc2)S(=O)(=O)c2ccc(-c3ccc(Cl)cc3)cc2)nc1C(N)=O. The zero-order chi connectivity index (χ0) is 28.7. The molecule has 1 aliphatic rings. The molecule has 4 aromatic rings. The maximum absolute atomic E-state index is 14.1. The minimum Gasteiger partial charge on any atom is -0.480 e. The first kappa shape index (κ1) is 27.6. The summed E-state index contributed by atoms with van der Waals surface area (Å²) in [4.78, 5) is 24.5. The van der Waals surface area contributed by atoms with Gasteiger partial charge in [-0.2, -0.15) is 9.40 Å². The van der Waals surface area contributed by atoms with E-state index in [-0.39, 0.29) is 30.1 Å². The Morgan fingerprint density at radius 2 is 1.65 bits per heavy atom. The Morgan fingerprint density at radius 3 is 2.20 bits per heavy atom. The first-order valence-corrected chi connectivity index (χ1v) is 14.4. The second-order valence-electron chi connectivity index (χ2n) is 9.79. The maximum Gasteiger partial charge on any atom is 0.325 e. The lowest BCUT2D eigenvalue weighted by Crippen LogP contribution is -2.49. The summed E-state index contributed by atoms with van der Waals surface area (Å²) < 4.78 is 30.8. The zero-order valence-electron chi connectivity index (χ0n) is 21.6. The van der Waals surface area contributed by atoms with Crippen LogP contribution >= 0.6 is 11.6 Å². The number of hydrogen-bond donors (Lipinski definition) is 2. The summed E-state index contributed by atoms with van der Waals surface area (Å²) >= 11 is 5.99. The standard InChI is InChI=1S/C29H27ClN4O5S/c1-19-18-33(32-26(19)27(31)35)15-16-34(29(28(36)37)17-25(29)22-5-3-2-4-6-22)40(38,39)24-13-9-21(10-14-24)20-7-11-23(30)12-8-20/h2-14,18,25H,15-17H2,1H3,(H2,31,35)(H,36,37)/t25-,29+/m0/s1. The first-order chi connectivity index (χ1) is 19.0. The molecule has 0 spiro atoms. The molecule has 1 fully saturated rings. The molecular weight excluding hydrogens is 552 g/mol. The molecule has 3 aromatic carbocycles. The maximum atomic E-state index is 14.1. The molecule has 0 aliphatic heterocycles. The lowest BCUT2D eigenvalue weighted by molar-refractivity contribution is -0.143. The average molecular weight is 579 g/mol. The number of primary amides is 1. The van der Waals surface area contributed by atoms with Crippen molar-refractivity contribution in [3.05, 3.63) is 107 Å². The molecule has 40 heavy (non-hydrogen) atoms. The van der Waals surface area contributed by atoms with E-state index >= 15 is 0 Å². The average Bonchev–Trinajstić information content (AvgIpc) is 3.58. The predicted molar refractivity (Wildman–Crippen MR) is 150 cm³/mol. The van der Waals surface area contributed by atoms with Crippen LogP contribution in [0.2, 0.25) is 5.02 Å². The molecule has 5 rings (SSSR count). The van der Waals surface area contributed by atoms with Gasteiger partial charge in [0.15, 0.2) is 5.69 Å². The number of rotatable bonds is 10. The Labute approximate surface area is 236 Å². The van der Waals surface area contributed by atoms with Gasteiger partial charge in [0.05, 0.1) is 11.4 Å². The molecular formula is C29H27ClN4O5S. The van der Waals surface area contributed by atoms with Crippen LogP contribution in [-0.2, 0) is 21.4 Å². The van der Waals surface area contributed by atoms with Gasteiger partial charge in [0.25, 0.3) is 5.91 Å².